The third-order valence-electron chi connectivity index (χ3n) is 3.28. The van der Waals surface area contributed by atoms with Gasteiger partial charge in [-0.15, -0.1) is 0 Å². The summed E-state index contributed by atoms with van der Waals surface area (Å²) in [4.78, 5) is 7.10. The molecule has 0 unspecified atom stereocenters. The number of benzene rings is 1. The van der Waals surface area contributed by atoms with Crippen molar-refractivity contribution >= 4 is 26.7 Å². The largest absolute Gasteiger partial charge is 0.344 e. The second kappa shape index (κ2) is 6.16. The van der Waals surface area contributed by atoms with Gasteiger partial charge in [-0.1, -0.05) is 37.3 Å². The molecular formula is C14H21N3S. The Kier molecular flexibility index (Phi) is 4.55. The molecule has 18 heavy (non-hydrogen) atoms. The zero-order valence-electron chi connectivity index (χ0n) is 11.1. The Morgan fingerprint density at radius 2 is 2.00 bits per heavy atom. The molecule has 1 heterocycles. The Morgan fingerprint density at radius 3 is 2.61 bits per heavy atom. The lowest BCUT2D eigenvalue weighted by Crippen LogP contribution is -2.38. The molecule has 0 amide bonds. The number of fused-ring (bicyclic) bond motifs is 1. The summed E-state index contributed by atoms with van der Waals surface area (Å²) >= 11 is 1.76. The van der Waals surface area contributed by atoms with E-state index in [1.807, 2.05) is 6.07 Å². The molecule has 0 saturated carbocycles. The minimum atomic E-state index is 0.536. The van der Waals surface area contributed by atoms with E-state index in [1.165, 1.54) is 4.70 Å². The summed E-state index contributed by atoms with van der Waals surface area (Å²) in [6.45, 7) is 6.01. The van der Waals surface area contributed by atoms with Crippen molar-refractivity contribution in [1.29, 1.82) is 0 Å². The highest BCUT2D eigenvalue weighted by Crippen LogP contribution is 2.30. The van der Waals surface area contributed by atoms with Crippen LogP contribution in [0.1, 0.15) is 26.7 Å². The Morgan fingerprint density at radius 1 is 1.28 bits per heavy atom. The molecule has 0 saturated heterocycles. The number of thiazole rings is 1. The van der Waals surface area contributed by atoms with Crippen molar-refractivity contribution in [2.75, 3.05) is 18.0 Å². The normalized spacial score (nSPS) is 11.3. The van der Waals surface area contributed by atoms with E-state index in [-0.39, 0.29) is 0 Å². The molecule has 0 bridgehead atoms. The van der Waals surface area contributed by atoms with Crippen LogP contribution in [-0.4, -0.2) is 24.1 Å². The molecule has 2 aromatic rings. The van der Waals surface area contributed by atoms with Crippen LogP contribution < -0.4 is 10.6 Å². The maximum absolute atomic E-state index is 5.74. The smallest absolute Gasteiger partial charge is 0.186 e. The van der Waals surface area contributed by atoms with Crippen molar-refractivity contribution < 1.29 is 0 Å². The van der Waals surface area contributed by atoms with Crippen LogP contribution >= 0.6 is 11.3 Å². The Hall–Kier alpha value is -1.13. The van der Waals surface area contributed by atoms with Crippen molar-refractivity contribution in [1.82, 2.24) is 4.98 Å². The van der Waals surface area contributed by atoms with Crippen LogP contribution in [0.4, 0.5) is 5.13 Å². The maximum atomic E-state index is 5.74. The highest BCUT2D eigenvalue weighted by Gasteiger charge is 2.18. The molecule has 3 nitrogen and oxygen atoms in total. The van der Waals surface area contributed by atoms with E-state index in [0.29, 0.717) is 12.6 Å². The first-order valence-corrected chi connectivity index (χ1v) is 7.44. The van der Waals surface area contributed by atoms with E-state index in [9.17, 15) is 0 Å². The number of rotatable bonds is 6. The average molecular weight is 263 g/mol. The lowest BCUT2D eigenvalue weighted by Gasteiger charge is -2.29. The summed E-state index contributed by atoms with van der Waals surface area (Å²) < 4.78 is 1.25. The third kappa shape index (κ3) is 2.65. The molecule has 0 fully saturated rings. The minimum absolute atomic E-state index is 0.536. The van der Waals surface area contributed by atoms with E-state index < -0.39 is 0 Å². The molecule has 0 spiro atoms. The van der Waals surface area contributed by atoms with Gasteiger partial charge < -0.3 is 10.6 Å². The Balaban J connectivity index is 2.34. The summed E-state index contributed by atoms with van der Waals surface area (Å²) in [6.07, 6.45) is 2.26. The van der Waals surface area contributed by atoms with Gasteiger partial charge in [0.25, 0.3) is 0 Å². The quantitative estimate of drug-likeness (QED) is 0.870. The predicted octanol–water partition coefficient (Wildman–Crippen LogP) is 3.25. The molecule has 0 radical (unpaired) electrons. The summed E-state index contributed by atoms with van der Waals surface area (Å²) in [6, 6.07) is 8.84. The lowest BCUT2D eigenvalue weighted by molar-refractivity contribution is 0.558. The second-order valence-corrected chi connectivity index (χ2v) is 5.43. The highest BCUT2D eigenvalue weighted by atomic mass is 32.1. The zero-order chi connectivity index (χ0) is 13.0. The molecule has 98 valence electrons. The number of anilines is 1. The van der Waals surface area contributed by atoms with Crippen LogP contribution in [0, 0.1) is 0 Å². The summed E-state index contributed by atoms with van der Waals surface area (Å²) in [5.74, 6) is 0. The van der Waals surface area contributed by atoms with E-state index in [1.54, 1.807) is 11.3 Å². The molecule has 1 aromatic heterocycles. The molecular weight excluding hydrogens is 242 g/mol. The number of hydrogen-bond donors (Lipinski definition) is 1. The molecule has 0 aliphatic carbocycles. The van der Waals surface area contributed by atoms with Gasteiger partial charge in [0.15, 0.2) is 5.13 Å². The summed E-state index contributed by atoms with van der Waals surface area (Å²) in [5.41, 5.74) is 6.83. The van der Waals surface area contributed by atoms with E-state index in [4.69, 9.17) is 10.7 Å². The van der Waals surface area contributed by atoms with Crippen LogP contribution in [0.25, 0.3) is 10.2 Å². The standard InChI is InChI=1S/C14H21N3S/c1-3-11(4-2)17(10-9-15)14-16-12-7-5-6-8-13(12)18-14/h5-8,11H,3-4,9-10,15H2,1-2H3. The molecule has 0 aliphatic rings. The molecule has 4 heteroatoms. The second-order valence-electron chi connectivity index (χ2n) is 4.42. The van der Waals surface area contributed by atoms with Gasteiger partial charge in [-0.25, -0.2) is 4.98 Å². The third-order valence-corrected chi connectivity index (χ3v) is 4.36. The molecule has 0 atom stereocenters. The Bertz CT molecular complexity index is 457. The highest BCUT2D eigenvalue weighted by molar-refractivity contribution is 7.22. The minimum Gasteiger partial charge on any atom is -0.344 e. The van der Waals surface area contributed by atoms with Crippen molar-refractivity contribution in [3.05, 3.63) is 24.3 Å². The number of hydrogen-bond acceptors (Lipinski definition) is 4. The molecule has 2 rings (SSSR count). The van der Waals surface area contributed by atoms with E-state index in [2.05, 4.69) is 36.9 Å². The van der Waals surface area contributed by atoms with Crippen molar-refractivity contribution in [2.24, 2.45) is 5.73 Å². The van der Waals surface area contributed by atoms with Gasteiger partial charge in [-0.3, -0.25) is 0 Å². The van der Waals surface area contributed by atoms with Gasteiger partial charge >= 0.3 is 0 Å². The van der Waals surface area contributed by atoms with E-state index >= 15 is 0 Å². The van der Waals surface area contributed by atoms with E-state index in [0.717, 1.165) is 30.0 Å². The number of nitrogens with zero attached hydrogens (tertiary/aromatic N) is 2. The summed E-state index contributed by atoms with van der Waals surface area (Å²) in [5, 5.41) is 1.11. The number of para-hydroxylation sites is 1. The maximum Gasteiger partial charge on any atom is 0.186 e. The summed E-state index contributed by atoms with van der Waals surface area (Å²) in [7, 11) is 0. The lowest BCUT2D eigenvalue weighted by atomic mass is 10.1. The zero-order valence-corrected chi connectivity index (χ0v) is 11.9. The number of aromatic nitrogens is 1. The fourth-order valence-electron chi connectivity index (χ4n) is 2.29. The fourth-order valence-corrected chi connectivity index (χ4v) is 3.35. The first kappa shape index (κ1) is 13.3. The number of nitrogens with two attached hydrogens (primary N) is 1. The topological polar surface area (TPSA) is 42.1 Å². The van der Waals surface area contributed by atoms with Gasteiger partial charge in [0.1, 0.15) is 0 Å². The van der Waals surface area contributed by atoms with Crippen molar-refractivity contribution in [3.63, 3.8) is 0 Å². The van der Waals surface area contributed by atoms with Gasteiger partial charge in [-0.05, 0) is 25.0 Å². The Labute approximate surface area is 113 Å². The van der Waals surface area contributed by atoms with Crippen molar-refractivity contribution in [3.8, 4) is 0 Å². The van der Waals surface area contributed by atoms with Crippen LogP contribution in [0.2, 0.25) is 0 Å². The molecule has 1 aromatic carbocycles. The predicted molar refractivity (Wildman–Crippen MR) is 80.4 cm³/mol. The molecule has 2 N–H and O–H groups in total. The van der Waals surface area contributed by atoms with Gasteiger partial charge in [-0.2, -0.15) is 0 Å². The van der Waals surface area contributed by atoms with Crippen LogP contribution in [0.3, 0.4) is 0 Å². The monoisotopic (exact) mass is 263 g/mol. The fraction of sp³-hybridized carbons (Fsp3) is 0.500. The average Bonchev–Trinajstić information content (AvgIpc) is 2.82. The van der Waals surface area contributed by atoms with Gasteiger partial charge in [0.05, 0.1) is 10.2 Å². The van der Waals surface area contributed by atoms with Crippen LogP contribution in [0.5, 0.6) is 0 Å². The first-order chi connectivity index (χ1) is 8.80. The van der Waals surface area contributed by atoms with Crippen molar-refractivity contribution in [2.45, 2.75) is 32.7 Å². The SMILES string of the molecule is CCC(CC)N(CCN)c1nc2ccccc2s1. The van der Waals surface area contributed by atoms with Gasteiger partial charge in [0, 0.05) is 19.1 Å². The molecule has 0 aliphatic heterocycles. The van der Waals surface area contributed by atoms with Crippen LogP contribution in [0.15, 0.2) is 24.3 Å². The first-order valence-electron chi connectivity index (χ1n) is 6.62. The van der Waals surface area contributed by atoms with Gasteiger partial charge in [0.2, 0.25) is 0 Å². The van der Waals surface area contributed by atoms with Crippen LogP contribution in [-0.2, 0) is 0 Å².